The van der Waals surface area contributed by atoms with Crippen molar-refractivity contribution in [3.63, 3.8) is 0 Å². The van der Waals surface area contributed by atoms with Crippen molar-refractivity contribution in [2.24, 2.45) is 5.92 Å². The number of hydrogen-bond acceptors (Lipinski definition) is 4. The van der Waals surface area contributed by atoms with Crippen molar-refractivity contribution in [2.75, 3.05) is 44.6 Å². The molecule has 1 N–H and O–H groups in total. The van der Waals surface area contributed by atoms with Crippen molar-refractivity contribution in [3.8, 4) is 0 Å². The molecule has 0 unspecified atom stereocenters. The highest BCUT2D eigenvalue weighted by molar-refractivity contribution is 9.10. The highest BCUT2D eigenvalue weighted by atomic mass is 79.9. The first-order valence-corrected chi connectivity index (χ1v) is 9.93. The zero-order valence-electron chi connectivity index (χ0n) is 15.5. The molecule has 2 rings (SSSR count). The molecule has 0 radical (unpaired) electrons. The average molecular weight is 426 g/mol. The van der Waals surface area contributed by atoms with E-state index in [-0.39, 0.29) is 12.0 Å². The van der Waals surface area contributed by atoms with Crippen LogP contribution in [0.15, 0.2) is 28.7 Å². The number of benzene rings is 1. The third kappa shape index (κ3) is 6.96. The topological polar surface area (TPSA) is 61.9 Å². The van der Waals surface area contributed by atoms with Crippen LogP contribution in [-0.4, -0.2) is 61.1 Å². The van der Waals surface area contributed by atoms with Crippen molar-refractivity contribution in [2.45, 2.75) is 26.7 Å². The number of nitrogens with zero attached hydrogens (tertiary/aromatic N) is 2. The number of carbonyl (C=O) groups excluding carboxylic acids is 2. The number of anilines is 1. The van der Waals surface area contributed by atoms with Crippen LogP contribution in [0.25, 0.3) is 0 Å². The Morgan fingerprint density at radius 1 is 1.19 bits per heavy atom. The Morgan fingerprint density at radius 3 is 2.69 bits per heavy atom. The lowest BCUT2D eigenvalue weighted by Crippen LogP contribution is -2.36. The Kier molecular flexibility index (Phi) is 8.38. The first kappa shape index (κ1) is 20.7. The quantitative estimate of drug-likeness (QED) is 0.756. The molecule has 1 heterocycles. The van der Waals surface area contributed by atoms with Crippen molar-refractivity contribution in [1.82, 2.24) is 9.80 Å². The van der Waals surface area contributed by atoms with E-state index in [1.54, 1.807) is 4.90 Å². The predicted octanol–water partition coefficient (Wildman–Crippen LogP) is 3.58. The molecule has 0 aromatic heterocycles. The summed E-state index contributed by atoms with van der Waals surface area (Å²) in [7, 11) is 0. The number of hydrogen-bond donors (Lipinski definition) is 1. The van der Waals surface area contributed by atoms with E-state index >= 15 is 0 Å². The molecule has 0 aliphatic carbocycles. The highest BCUT2D eigenvalue weighted by Crippen LogP contribution is 2.21. The van der Waals surface area contributed by atoms with Crippen molar-refractivity contribution in [3.05, 3.63) is 28.7 Å². The molecule has 1 aromatic rings. The number of carbonyl (C=O) groups is 2. The molecule has 1 saturated heterocycles. The van der Waals surface area contributed by atoms with Crippen molar-refractivity contribution >= 4 is 33.6 Å². The van der Waals surface area contributed by atoms with Gasteiger partial charge in [-0.25, -0.2) is 4.79 Å². The standard InChI is InChI=1S/C19H28BrN3O3/c1-15(2)14-26-19(25)23-10-5-9-22(12-13-23)11-8-18(24)21-17-7-4-3-6-16(17)20/h3-4,6-7,15H,5,8-14H2,1-2H3,(H,21,24). The lowest BCUT2D eigenvalue weighted by Gasteiger charge is -2.22. The zero-order valence-corrected chi connectivity index (χ0v) is 17.1. The second kappa shape index (κ2) is 10.5. The summed E-state index contributed by atoms with van der Waals surface area (Å²) in [5.41, 5.74) is 0.785. The Hall–Kier alpha value is -1.60. The molecule has 0 saturated carbocycles. The van der Waals surface area contributed by atoms with Gasteiger partial charge in [-0.05, 0) is 46.9 Å². The van der Waals surface area contributed by atoms with Gasteiger partial charge in [-0.3, -0.25) is 4.79 Å². The zero-order chi connectivity index (χ0) is 18.9. The van der Waals surface area contributed by atoms with E-state index in [2.05, 4.69) is 26.1 Å². The van der Waals surface area contributed by atoms with Gasteiger partial charge in [0.1, 0.15) is 0 Å². The Balaban J connectivity index is 1.73. The van der Waals surface area contributed by atoms with Crippen LogP contribution in [0, 0.1) is 5.92 Å². The maximum Gasteiger partial charge on any atom is 0.409 e. The fourth-order valence-corrected chi connectivity index (χ4v) is 3.13. The van der Waals surface area contributed by atoms with Crippen LogP contribution in [0.3, 0.4) is 0 Å². The SMILES string of the molecule is CC(C)COC(=O)N1CCCN(CCC(=O)Nc2ccccc2Br)CC1. The van der Waals surface area contributed by atoms with Gasteiger partial charge in [-0.2, -0.15) is 0 Å². The van der Waals surface area contributed by atoms with Crippen LogP contribution >= 0.6 is 15.9 Å². The Morgan fingerprint density at radius 2 is 1.96 bits per heavy atom. The van der Waals surface area contributed by atoms with E-state index in [0.29, 0.717) is 38.6 Å². The summed E-state index contributed by atoms with van der Waals surface area (Å²) in [5.74, 6) is 0.333. The monoisotopic (exact) mass is 425 g/mol. The van der Waals surface area contributed by atoms with Gasteiger partial charge in [0.2, 0.25) is 5.91 Å². The smallest absolute Gasteiger partial charge is 0.409 e. The van der Waals surface area contributed by atoms with E-state index < -0.39 is 0 Å². The maximum absolute atomic E-state index is 12.2. The van der Waals surface area contributed by atoms with Crippen LogP contribution in [0.2, 0.25) is 0 Å². The predicted molar refractivity (Wildman–Crippen MR) is 106 cm³/mol. The molecule has 144 valence electrons. The lowest BCUT2D eigenvalue weighted by molar-refractivity contribution is -0.116. The van der Waals surface area contributed by atoms with Gasteiger partial charge < -0.3 is 19.9 Å². The minimum atomic E-state index is -0.229. The summed E-state index contributed by atoms with van der Waals surface area (Å²) in [4.78, 5) is 28.3. The van der Waals surface area contributed by atoms with Gasteiger partial charge >= 0.3 is 6.09 Å². The molecule has 1 aromatic carbocycles. The van der Waals surface area contributed by atoms with E-state index in [1.165, 1.54) is 0 Å². The molecule has 1 aliphatic heterocycles. The van der Waals surface area contributed by atoms with Gasteiger partial charge in [-0.15, -0.1) is 0 Å². The molecule has 0 atom stereocenters. The summed E-state index contributed by atoms with van der Waals surface area (Å²) >= 11 is 3.43. The number of rotatable bonds is 6. The molecule has 0 bridgehead atoms. The van der Waals surface area contributed by atoms with Gasteiger partial charge in [0.05, 0.1) is 12.3 Å². The summed E-state index contributed by atoms with van der Waals surface area (Å²) in [5, 5.41) is 2.92. The summed E-state index contributed by atoms with van der Waals surface area (Å²) in [6.07, 6.45) is 1.09. The van der Waals surface area contributed by atoms with E-state index in [0.717, 1.165) is 29.7 Å². The maximum atomic E-state index is 12.2. The van der Waals surface area contributed by atoms with Gasteiger partial charge in [0, 0.05) is 37.1 Å². The van der Waals surface area contributed by atoms with E-state index in [1.807, 2.05) is 38.1 Å². The molecule has 6 nitrogen and oxygen atoms in total. The molecule has 7 heteroatoms. The molecule has 0 spiro atoms. The number of para-hydroxylation sites is 1. The van der Waals surface area contributed by atoms with E-state index in [9.17, 15) is 9.59 Å². The third-order valence-electron chi connectivity index (χ3n) is 4.19. The Labute approximate surface area is 164 Å². The average Bonchev–Trinajstić information content (AvgIpc) is 2.85. The van der Waals surface area contributed by atoms with Crippen LogP contribution in [0.1, 0.15) is 26.7 Å². The van der Waals surface area contributed by atoms with Gasteiger partial charge in [0.25, 0.3) is 0 Å². The van der Waals surface area contributed by atoms with Crippen LogP contribution in [0.5, 0.6) is 0 Å². The van der Waals surface area contributed by atoms with Gasteiger partial charge in [-0.1, -0.05) is 26.0 Å². The molecular weight excluding hydrogens is 398 g/mol. The molecular formula is C19H28BrN3O3. The fraction of sp³-hybridized carbons (Fsp3) is 0.579. The summed E-state index contributed by atoms with van der Waals surface area (Å²) < 4.78 is 6.18. The van der Waals surface area contributed by atoms with E-state index in [4.69, 9.17) is 4.74 Å². The second-order valence-corrected chi connectivity index (χ2v) is 7.79. The normalized spacial score (nSPS) is 15.6. The lowest BCUT2D eigenvalue weighted by atomic mass is 10.2. The summed E-state index contributed by atoms with van der Waals surface area (Å²) in [6, 6.07) is 7.57. The number of ether oxygens (including phenoxy) is 1. The fourth-order valence-electron chi connectivity index (χ4n) is 2.74. The molecule has 26 heavy (non-hydrogen) atoms. The molecule has 2 amide bonds. The summed E-state index contributed by atoms with van der Waals surface area (Å²) in [6.45, 7) is 8.18. The first-order chi connectivity index (χ1) is 12.5. The largest absolute Gasteiger partial charge is 0.449 e. The minimum Gasteiger partial charge on any atom is -0.449 e. The third-order valence-corrected chi connectivity index (χ3v) is 4.88. The first-order valence-electron chi connectivity index (χ1n) is 9.14. The van der Waals surface area contributed by atoms with Gasteiger partial charge in [0.15, 0.2) is 0 Å². The highest BCUT2D eigenvalue weighted by Gasteiger charge is 2.20. The molecule has 1 aliphatic rings. The number of amides is 2. The Bertz CT molecular complexity index is 609. The van der Waals surface area contributed by atoms with Crippen LogP contribution < -0.4 is 5.32 Å². The molecule has 1 fully saturated rings. The second-order valence-electron chi connectivity index (χ2n) is 6.93. The number of nitrogens with one attached hydrogen (secondary N) is 1. The minimum absolute atomic E-state index is 0.00524. The van der Waals surface area contributed by atoms with Crippen LogP contribution in [-0.2, 0) is 9.53 Å². The number of halogens is 1. The van der Waals surface area contributed by atoms with Crippen molar-refractivity contribution < 1.29 is 14.3 Å². The van der Waals surface area contributed by atoms with Crippen LogP contribution in [0.4, 0.5) is 10.5 Å². The van der Waals surface area contributed by atoms with Crippen molar-refractivity contribution in [1.29, 1.82) is 0 Å².